The molecule has 0 aliphatic rings. The van der Waals surface area contributed by atoms with E-state index in [-0.39, 0.29) is 5.91 Å². The molecule has 0 fully saturated rings. The lowest BCUT2D eigenvalue weighted by molar-refractivity contribution is -0.192. The van der Waals surface area contributed by atoms with E-state index in [4.69, 9.17) is 20.4 Å². The number of carboxylic acid groups (broad SMARTS) is 1. The molecule has 1 aromatic heterocycles. The smallest absolute Gasteiger partial charge is 0.475 e. The first-order valence-corrected chi connectivity index (χ1v) is 12.0. The van der Waals surface area contributed by atoms with Crippen LogP contribution in [0.3, 0.4) is 0 Å². The van der Waals surface area contributed by atoms with Gasteiger partial charge in [0.05, 0.1) is 12.2 Å². The summed E-state index contributed by atoms with van der Waals surface area (Å²) in [6.07, 6.45) is 6.37. The number of alkyl halides is 3. The second kappa shape index (κ2) is 17.4. The van der Waals surface area contributed by atoms with Crippen molar-refractivity contribution in [2.75, 3.05) is 11.9 Å². The number of nitrogens with one attached hydrogen (secondary N) is 1. The summed E-state index contributed by atoms with van der Waals surface area (Å²) in [7, 11) is 0. The maximum Gasteiger partial charge on any atom is 0.490 e. The molecule has 1 amide bonds. The summed E-state index contributed by atoms with van der Waals surface area (Å²) >= 11 is 1.34. The van der Waals surface area contributed by atoms with Crippen LogP contribution in [-0.2, 0) is 20.9 Å². The van der Waals surface area contributed by atoms with E-state index in [1.807, 2.05) is 0 Å². The molecule has 0 aromatic carbocycles. The Balaban J connectivity index is 0.00000126. The lowest BCUT2D eigenvalue weighted by atomic mass is 10.1. The molecular formula is C22H35F3N2O5S. The van der Waals surface area contributed by atoms with Crippen LogP contribution in [0.15, 0.2) is 6.07 Å². The number of unbranched alkanes of at least 4 members (excludes halogenated alkanes) is 8. The monoisotopic (exact) mass is 496 g/mol. The summed E-state index contributed by atoms with van der Waals surface area (Å²) in [5, 5.41) is 10.5. The zero-order valence-electron chi connectivity index (χ0n) is 19.3. The van der Waals surface area contributed by atoms with E-state index in [1.165, 1.54) is 56.3 Å². The zero-order valence-corrected chi connectivity index (χ0v) is 20.1. The van der Waals surface area contributed by atoms with E-state index >= 15 is 0 Å². The fourth-order valence-corrected chi connectivity index (χ4v) is 3.72. The van der Waals surface area contributed by atoms with Crippen LogP contribution in [0.2, 0.25) is 0 Å². The van der Waals surface area contributed by atoms with Gasteiger partial charge in [0.25, 0.3) is 0 Å². The average Bonchev–Trinajstić information content (AvgIpc) is 3.15. The van der Waals surface area contributed by atoms with E-state index in [1.54, 1.807) is 13.0 Å². The van der Waals surface area contributed by atoms with Crippen molar-refractivity contribution >= 4 is 34.2 Å². The van der Waals surface area contributed by atoms with E-state index in [2.05, 4.69) is 12.2 Å². The molecule has 1 heterocycles. The van der Waals surface area contributed by atoms with Gasteiger partial charge in [0, 0.05) is 17.8 Å². The van der Waals surface area contributed by atoms with Crippen molar-refractivity contribution in [3.8, 4) is 0 Å². The molecule has 33 heavy (non-hydrogen) atoms. The van der Waals surface area contributed by atoms with Crippen LogP contribution in [0.5, 0.6) is 0 Å². The largest absolute Gasteiger partial charge is 0.490 e. The number of thiophene rings is 1. The molecule has 1 aromatic rings. The molecule has 0 spiro atoms. The number of nitrogens with two attached hydrogens (primary N) is 1. The van der Waals surface area contributed by atoms with Gasteiger partial charge in [0.15, 0.2) is 0 Å². The van der Waals surface area contributed by atoms with Crippen LogP contribution < -0.4 is 11.1 Å². The Morgan fingerprint density at radius 3 is 2.00 bits per heavy atom. The summed E-state index contributed by atoms with van der Waals surface area (Å²) in [5.41, 5.74) is 6.05. The topological polar surface area (TPSA) is 119 Å². The highest BCUT2D eigenvalue weighted by molar-refractivity contribution is 7.16. The molecule has 11 heteroatoms. The molecule has 0 radical (unpaired) electrons. The molecule has 0 saturated carbocycles. The highest BCUT2D eigenvalue weighted by Crippen LogP contribution is 2.29. The minimum Gasteiger partial charge on any atom is -0.475 e. The number of ether oxygens (including phenoxy) is 1. The van der Waals surface area contributed by atoms with Crippen LogP contribution >= 0.6 is 11.3 Å². The Morgan fingerprint density at radius 1 is 1.03 bits per heavy atom. The summed E-state index contributed by atoms with van der Waals surface area (Å²) in [6.45, 7) is 4.63. The second-order valence-corrected chi connectivity index (χ2v) is 8.45. The van der Waals surface area contributed by atoms with Crippen molar-refractivity contribution in [2.45, 2.75) is 90.8 Å². The number of carbonyl (C=O) groups is 3. The van der Waals surface area contributed by atoms with Crippen LogP contribution in [0.4, 0.5) is 18.2 Å². The lowest BCUT2D eigenvalue weighted by Gasteiger charge is -2.06. The van der Waals surface area contributed by atoms with E-state index < -0.39 is 18.1 Å². The van der Waals surface area contributed by atoms with Crippen molar-refractivity contribution in [1.82, 2.24) is 0 Å². The van der Waals surface area contributed by atoms with E-state index in [9.17, 15) is 22.8 Å². The third-order valence-electron chi connectivity index (χ3n) is 4.48. The second-order valence-electron chi connectivity index (χ2n) is 7.31. The third-order valence-corrected chi connectivity index (χ3v) is 5.56. The van der Waals surface area contributed by atoms with Crippen molar-refractivity contribution in [3.63, 3.8) is 0 Å². The van der Waals surface area contributed by atoms with Gasteiger partial charge in [-0.2, -0.15) is 13.2 Å². The van der Waals surface area contributed by atoms with Gasteiger partial charge in [-0.3, -0.25) is 4.79 Å². The number of hydrogen-bond acceptors (Lipinski definition) is 6. The molecule has 190 valence electrons. The van der Waals surface area contributed by atoms with Crippen LogP contribution in [0, 0.1) is 0 Å². The first-order valence-electron chi connectivity index (χ1n) is 11.2. The van der Waals surface area contributed by atoms with Gasteiger partial charge in [-0.05, 0) is 19.4 Å². The standard InChI is InChI=1S/C20H34N2O3S.C2HF3O2/c1-3-5-6-7-8-9-10-11-12-13-18(23)22-19-17(20(24)25-4-2)14-16(15-21)26-19;3-2(4,5)1(6)7/h14H,3-13,15,21H2,1-2H3,(H,22,23);(H,6,7). The van der Waals surface area contributed by atoms with E-state index in [0.29, 0.717) is 30.1 Å². The number of carboxylic acids is 1. The van der Waals surface area contributed by atoms with Crippen molar-refractivity contribution in [3.05, 3.63) is 16.5 Å². The van der Waals surface area contributed by atoms with Gasteiger partial charge in [0.2, 0.25) is 5.91 Å². The van der Waals surface area contributed by atoms with Crippen molar-refractivity contribution < 1.29 is 37.4 Å². The summed E-state index contributed by atoms with van der Waals surface area (Å²) < 4.78 is 36.8. The quantitative estimate of drug-likeness (QED) is 0.219. The lowest BCUT2D eigenvalue weighted by Crippen LogP contribution is -2.21. The fourth-order valence-electron chi connectivity index (χ4n) is 2.78. The van der Waals surface area contributed by atoms with Crippen LogP contribution in [0.25, 0.3) is 0 Å². The number of esters is 1. The van der Waals surface area contributed by atoms with Gasteiger partial charge >= 0.3 is 18.1 Å². The molecule has 7 nitrogen and oxygen atoms in total. The molecule has 0 atom stereocenters. The molecule has 0 saturated heterocycles. The highest BCUT2D eigenvalue weighted by Gasteiger charge is 2.38. The Hall–Kier alpha value is -2.14. The Labute approximate surface area is 196 Å². The fraction of sp³-hybridized carbons (Fsp3) is 0.682. The summed E-state index contributed by atoms with van der Waals surface area (Å²) in [5.74, 6) is -3.22. The number of anilines is 1. The van der Waals surface area contributed by atoms with Gasteiger partial charge in [-0.1, -0.05) is 58.3 Å². The van der Waals surface area contributed by atoms with Crippen LogP contribution in [0.1, 0.15) is 93.3 Å². The molecule has 0 aliphatic heterocycles. The molecule has 0 unspecified atom stereocenters. The van der Waals surface area contributed by atoms with Crippen molar-refractivity contribution in [2.24, 2.45) is 5.73 Å². The first kappa shape index (κ1) is 30.9. The molecule has 0 aliphatic carbocycles. The minimum absolute atomic E-state index is 0.0519. The van der Waals surface area contributed by atoms with Crippen LogP contribution in [-0.4, -0.2) is 35.7 Å². The minimum atomic E-state index is -5.08. The van der Waals surface area contributed by atoms with Gasteiger partial charge in [-0.25, -0.2) is 9.59 Å². The van der Waals surface area contributed by atoms with Gasteiger partial charge < -0.3 is 20.9 Å². The molecule has 0 bridgehead atoms. The average molecular weight is 497 g/mol. The number of hydrogen-bond donors (Lipinski definition) is 3. The molecule has 1 rings (SSSR count). The third kappa shape index (κ3) is 14.6. The highest BCUT2D eigenvalue weighted by atomic mass is 32.1. The van der Waals surface area contributed by atoms with E-state index in [0.717, 1.165) is 17.7 Å². The molecular weight excluding hydrogens is 461 g/mol. The Morgan fingerprint density at radius 2 is 1.55 bits per heavy atom. The van der Waals surface area contributed by atoms with Gasteiger partial charge in [0.1, 0.15) is 5.00 Å². The van der Waals surface area contributed by atoms with Crippen molar-refractivity contribution in [1.29, 1.82) is 0 Å². The number of amides is 1. The first-order chi connectivity index (χ1) is 15.6. The number of carbonyl (C=O) groups excluding carboxylic acids is 2. The SMILES string of the molecule is CCCCCCCCCCCC(=O)Nc1sc(CN)cc1C(=O)OCC.O=C(O)C(F)(F)F. The van der Waals surface area contributed by atoms with Gasteiger partial charge in [-0.15, -0.1) is 11.3 Å². The number of halogens is 3. The zero-order chi connectivity index (χ0) is 25.3. The predicted molar refractivity (Wildman–Crippen MR) is 122 cm³/mol. The molecule has 4 N–H and O–H groups in total. The maximum atomic E-state index is 12.2. The number of aliphatic carboxylic acids is 1. The normalized spacial score (nSPS) is 10.8. The Bertz CT molecular complexity index is 723. The maximum absolute atomic E-state index is 12.2. The predicted octanol–water partition coefficient (Wildman–Crippen LogP) is 5.88. The Kier molecular flexibility index (Phi) is 16.2. The summed E-state index contributed by atoms with van der Waals surface area (Å²) in [6, 6.07) is 1.71. The summed E-state index contributed by atoms with van der Waals surface area (Å²) in [4.78, 5) is 33.9. The number of rotatable bonds is 14.